The van der Waals surface area contributed by atoms with E-state index in [9.17, 15) is 4.79 Å². The highest BCUT2D eigenvalue weighted by atomic mass is 16.4. The highest BCUT2D eigenvalue weighted by Gasteiger charge is 2.19. The second-order valence-corrected chi connectivity index (χ2v) is 6.42. The van der Waals surface area contributed by atoms with Crippen LogP contribution >= 0.6 is 0 Å². The van der Waals surface area contributed by atoms with Gasteiger partial charge in [0, 0.05) is 28.2 Å². The smallest absolute Gasteiger partial charge is 0.328 e. The van der Waals surface area contributed by atoms with E-state index in [2.05, 4.69) is 25.8 Å². The zero-order valence-electron chi connectivity index (χ0n) is 12.4. The zero-order chi connectivity index (χ0) is 14.9. The third-order valence-electron chi connectivity index (χ3n) is 3.23. The molecule has 2 rings (SSSR count). The molecule has 0 unspecified atom stereocenters. The summed E-state index contributed by atoms with van der Waals surface area (Å²) in [4.78, 5) is 14.5. The third kappa shape index (κ3) is 3.10. The Labute approximate surface area is 119 Å². The maximum Gasteiger partial charge on any atom is 0.328 e. The van der Waals surface area contributed by atoms with Gasteiger partial charge >= 0.3 is 5.97 Å². The van der Waals surface area contributed by atoms with Crippen molar-refractivity contribution in [2.45, 2.75) is 34.1 Å². The van der Waals surface area contributed by atoms with Crippen LogP contribution in [-0.2, 0) is 4.79 Å². The Bertz CT molecular complexity index is 672. The zero-order valence-corrected chi connectivity index (χ0v) is 12.4. The largest absolute Gasteiger partial charge is 0.478 e. The number of allylic oxidation sites excluding steroid dienone is 1. The Morgan fingerprint density at radius 1 is 1.30 bits per heavy atom. The van der Waals surface area contributed by atoms with Crippen LogP contribution in [0.1, 0.15) is 38.4 Å². The summed E-state index contributed by atoms with van der Waals surface area (Å²) < 4.78 is 0. The number of hydrogen-bond donors (Lipinski definition) is 2. The van der Waals surface area contributed by atoms with E-state index in [1.165, 1.54) is 6.08 Å². The highest BCUT2D eigenvalue weighted by molar-refractivity contribution is 5.99. The molecule has 0 aliphatic rings. The topological polar surface area (TPSA) is 53.1 Å². The normalized spacial score (nSPS) is 12.9. The number of carboxylic acids is 1. The SMILES string of the molecule is Cc1[nH]c2ccccc2c1/C(=C\C(=O)O)CC(C)(C)C. The molecule has 0 saturated heterocycles. The number of nitrogens with one attached hydrogen (secondary N) is 1. The van der Waals surface area contributed by atoms with Crippen LogP contribution in [0.4, 0.5) is 0 Å². The minimum absolute atomic E-state index is 0.0338. The van der Waals surface area contributed by atoms with Crippen LogP contribution in [0.25, 0.3) is 16.5 Å². The third-order valence-corrected chi connectivity index (χ3v) is 3.23. The summed E-state index contributed by atoms with van der Waals surface area (Å²) in [7, 11) is 0. The second kappa shape index (κ2) is 5.16. The van der Waals surface area contributed by atoms with Crippen LogP contribution in [0, 0.1) is 12.3 Å². The minimum Gasteiger partial charge on any atom is -0.478 e. The predicted octanol–water partition coefficient (Wildman–Crippen LogP) is 4.38. The maximum absolute atomic E-state index is 11.2. The van der Waals surface area contributed by atoms with E-state index in [1.54, 1.807) is 0 Å². The molecule has 0 saturated carbocycles. The van der Waals surface area contributed by atoms with Crippen molar-refractivity contribution >= 4 is 22.4 Å². The van der Waals surface area contributed by atoms with E-state index in [4.69, 9.17) is 5.11 Å². The average molecular weight is 271 g/mol. The summed E-state index contributed by atoms with van der Waals surface area (Å²) in [5.74, 6) is -0.895. The number of aliphatic carboxylic acids is 1. The number of carbonyl (C=O) groups is 1. The lowest BCUT2D eigenvalue weighted by Crippen LogP contribution is -2.07. The van der Waals surface area contributed by atoms with Crippen molar-refractivity contribution in [2.75, 3.05) is 0 Å². The lowest BCUT2D eigenvalue weighted by molar-refractivity contribution is -0.131. The van der Waals surface area contributed by atoms with Gasteiger partial charge in [0.05, 0.1) is 0 Å². The first-order valence-electron chi connectivity index (χ1n) is 6.79. The molecule has 2 aromatic rings. The Kier molecular flexibility index (Phi) is 3.71. The number of aromatic amines is 1. The first-order chi connectivity index (χ1) is 9.28. The van der Waals surface area contributed by atoms with Crippen LogP contribution in [0.15, 0.2) is 30.3 Å². The van der Waals surface area contributed by atoms with Gasteiger partial charge in [-0.2, -0.15) is 0 Å². The molecule has 20 heavy (non-hydrogen) atoms. The number of carboxylic acid groups (broad SMARTS) is 1. The average Bonchev–Trinajstić information content (AvgIpc) is 2.61. The summed E-state index contributed by atoms with van der Waals surface area (Å²) in [6, 6.07) is 8.01. The van der Waals surface area contributed by atoms with Crippen molar-refractivity contribution in [1.82, 2.24) is 4.98 Å². The van der Waals surface area contributed by atoms with E-state index in [-0.39, 0.29) is 5.41 Å². The fraction of sp³-hybridized carbons (Fsp3) is 0.353. The van der Waals surface area contributed by atoms with Gasteiger partial charge in [0.1, 0.15) is 0 Å². The van der Waals surface area contributed by atoms with Gasteiger partial charge < -0.3 is 10.1 Å². The van der Waals surface area contributed by atoms with Gasteiger partial charge in [0.2, 0.25) is 0 Å². The molecule has 1 heterocycles. The highest BCUT2D eigenvalue weighted by Crippen LogP contribution is 2.35. The number of fused-ring (bicyclic) bond motifs is 1. The van der Waals surface area contributed by atoms with Gasteiger partial charge in [-0.15, -0.1) is 0 Å². The Hall–Kier alpha value is -2.03. The molecule has 0 spiro atoms. The standard InChI is InChI=1S/C17H21NO2/c1-11-16(13-7-5-6-8-14(13)18-11)12(9-15(19)20)10-17(2,3)4/h5-9,18H,10H2,1-4H3,(H,19,20)/b12-9-. The van der Waals surface area contributed by atoms with Crippen molar-refractivity contribution in [3.05, 3.63) is 41.6 Å². The van der Waals surface area contributed by atoms with Crippen molar-refractivity contribution < 1.29 is 9.90 Å². The molecule has 0 atom stereocenters. The fourth-order valence-electron chi connectivity index (χ4n) is 2.62. The van der Waals surface area contributed by atoms with Crippen molar-refractivity contribution in [3.8, 4) is 0 Å². The number of aryl methyl sites for hydroxylation is 1. The summed E-state index contributed by atoms with van der Waals surface area (Å²) >= 11 is 0. The van der Waals surface area contributed by atoms with Crippen LogP contribution in [0.2, 0.25) is 0 Å². The molecule has 0 amide bonds. The Morgan fingerprint density at radius 2 is 1.95 bits per heavy atom. The van der Waals surface area contributed by atoms with Gasteiger partial charge in [-0.25, -0.2) is 4.79 Å². The predicted molar refractivity (Wildman–Crippen MR) is 82.7 cm³/mol. The number of hydrogen-bond acceptors (Lipinski definition) is 1. The van der Waals surface area contributed by atoms with Crippen molar-refractivity contribution in [3.63, 3.8) is 0 Å². The van der Waals surface area contributed by atoms with E-state index < -0.39 is 5.97 Å². The van der Waals surface area contributed by atoms with Gasteiger partial charge in [0.15, 0.2) is 0 Å². The Morgan fingerprint density at radius 3 is 2.55 bits per heavy atom. The molecular weight excluding hydrogens is 250 g/mol. The van der Waals surface area contributed by atoms with E-state index >= 15 is 0 Å². The molecule has 0 radical (unpaired) electrons. The second-order valence-electron chi connectivity index (χ2n) is 6.42. The lowest BCUT2D eigenvalue weighted by atomic mass is 9.84. The van der Waals surface area contributed by atoms with Gasteiger partial charge in [-0.1, -0.05) is 39.0 Å². The number of rotatable bonds is 3. The monoisotopic (exact) mass is 271 g/mol. The number of H-pyrrole nitrogens is 1. The maximum atomic E-state index is 11.2. The van der Waals surface area contributed by atoms with Crippen LogP contribution in [0.5, 0.6) is 0 Å². The van der Waals surface area contributed by atoms with Gasteiger partial charge in [-0.05, 0) is 30.4 Å². The molecule has 3 heteroatoms. The molecule has 2 N–H and O–H groups in total. The summed E-state index contributed by atoms with van der Waals surface area (Å²) in [6.45, 7) is 8.35. The van der Waals surface area contributed by atoms with Crippen molar-refractivity contribution in [1.29, 1.82) is 0 Å². The Balaban J connectivity index is 2.63. The van der Waals surface area contributed by atoms with E-state index in [0.717, 1.165) is 34.2 Å². The number of para-hydroxylation sites is 1. The summed E-state index contributed by atoms with van der Waals surface area (Å²) in [6.07, 6.45) is 2.07. The lowest BCUT2D eigenvalue weighted by Gasteiger charge is -2.20. The van der Waals surface area contributed by atoms with Crippen molar-refractivity contribution in [2.24, 2.45) is 5.41 Å². The first kappa shape index (κ1) is 14.4. The van der Waals surface area contributed by atoms with Gasteiger partial charge in [-0.3, -0.25) is 0 Å². The van der Waals surface area contributed by atoms with Crippen LogP contribution in [-0.4, -0.2) is 16.1 Å². The summed E-state index contributed by atoms with van der Waals surface area (Å²) in [5.41, 5.74) is 4.00. The first-order valence-corrected chi connectivity index (χ1v) is 6.79. The number of aromatic nitrogens is 1. The number of benzene rings is 1. The summed E-state index contributed by atoms with van der Waals surface area (Å²) in [5, 5.41) is 10.2. The molecule has 0 aliphatic heterocycles. The van der Waals surface area contributed by atoms with Crippen LogP contribution < -0.4 is 0 Å². The fourth-order valence-corrected chi connectivity index (χ4v) is 2.62. The molecule has 0 bridgehead atoms. The van der Waals surface area contributed by atoms with Gasteiger partial charge in [0.25, 0.3) is 0 Å². The quantitative estimate of drug-likeness (QED) is 0.814. The van der Waals surface area contributed by atoms with E-state index in [1.807, 2.05) is 31.2 Å². The molecule has 0 aliphatic carbocycles. The van der Waals surface area contributed by atoms with E-state index in [0.29, 0.717) is 0 Å². The molecule has 1 aromatic carbocycles. The molecule has 3 nitrogen and oxygen atoms in total. The van der Waals surface area contributed by atoms with Crippen LogP contribution in [0.3, 0.4) is 0 Å². The molecule has 1 aromatic heterocycles. The minimum atomic E-state index is -0.895. The molecule has 0 fully saturated rings. The molecular formula is C17H21NO2. The molecule has 106 valence electrons.